The lowest BCUT2D eigenvalue weighted by molar-refractivity contribution is 0.669. The second kappa shape index (κ2) is 15.1. The molecular formula is C57H35N5O. The van der Waals surface area contributed by atoms with Crippen molar-refractivity contribution in [2.45, 2.75) is 0 Å². The van der Waals surface area contributed by atoms with Crippen LogP contribution in [0.15, 0.2) is 217 Å². The smallest absolute Gasteiger partial charge is 0.164 e. The predicted molar refractivity (Wildman–Crippen MR) is 256 cm³/mol. The van der Waals surface area contributed by atoms with E-state index in [1.54, 1.807) is 0 Å². The van der Waals surface area contributed by atoms with Crippen molar-refractivity contribution >= 4 is 44.0 Å². The number of nitrogens with zero attached hydrogens (tertiary/aromatic N) is 5. The third-order valence-electron chi connectivity index (χ3n) is 11.7. The summed E-state index contributed by atoms with van der Waals surface area (Å²) in [5.74, 6) is 1.89. The van der Waals surface area contributed by atoms with Crippen molar-refractivity contribution in [3.63, 3.8) is 0 Å². The summed E-state index contributed by atoms with van der Waals surface area (Å²) in [5.41, 5.74) is 16.7. The first-order chi connectivity index (χ1) is 31.2. The van der Waals surface area contributed by atoms with Crippen LogP contribution in [0.4, 0.5) is 0 Å². The number of aromatic nitrogens is 5. The average molecular weight is 806 g/mol. The van der Waals surface area contributed by atoms with Gasteiger partial charge < -0.3 is 4.42 Å². The SMILES string of the molecule is c1ccc(-c2ccc(-c3nc(-c4ccccc4)nc(-c4cccc(-c5ccc(-c6ccc(-c7cccc8nc9cc%10oc%11ccccc%11c%10cc9nc78)cc6)cc5)c4)n3)cc2)cc1. The zero-order chi connectivity index (χ0) is 41.7. The Kier molecular flexibility index (Phi) is 8.71. The molecule has 0 fully saturated rings. The van der Waals surface area contributed by atoms with Gasteiger partial charge in [0.05, 0.1) is 22.1 Å². The van der Waals surface area contributed by atoms with E-state index in [0.29, 0.717) is 17.5 Å². The Labute approximate surface area is 362 Å². The van der Waals surface area contributed by atoms with Crippen LogP contribution >= 0.6 is 0 Å². The number of fused-ring (bicyclic) bond motifs is 5. The number of hydrogen-bond acceptors (Lipinski definition) is 6. The molecule has 0 saturated heterocycles. The lowest BCUT2D eigenvalue weighted by atomic mass is 9.97. The second-order valence-corrected chi connectivity index (χ2v) is 15.7. The van der Waals surface area contributed by atoms with Crippen molar-refractivity contribution in [2.24, 2.45) is 0 Å². The highest BCUT2D eigenvalue weighted by atomic mass is 16.3. The van der Waals surface area contributed by atoms with Crippen LogP contribution < -0.4 is 0 Å². The van der Waals surface area contributed by atoms with E-state index in [1.165, 1.54) is 5.56 Å². The molecule has 3 heterocycles. The monoisotopic (exact) mass is 805 g/mol. The zero-order valence-electron chi connectivity index (χ0n) is 33.9. The minimum absolute atomic E-state index is 0.624. The van der Waals surface area contributed by atoms with Gasteiger partial charge in [-0.2, -0.15) is 0 Å². The van der Waals surface area contributed by atoms with E-state index in [-0.39, 0.29) is 0 Å². The van der Waals surface area contributed by atoms with Crippen molar-refractivity contribution in [1.82, 2.24) is 24.9 Å². The Morgan fingerprint density at radius 2 is 0.730 bits per heavy atom. The van der Waals surface area contributed by atoms with E-state index in [1.807, 2.05) is 72.8 Å². The minimum atomic E-state index is 0.624. The fraction of sp³-hybridized carbons (Fsp3) is 0. The fourth-order valence-corrected chi connectivity index (χ4v) is 8.48. The molecule has 6 nitrogen and oxygen atoms in total. The molecule has 0 atom stereocenters. The van der Waals surface area contributed by atoms with Crippen molar-refractivity contribution in [1.29, 1.82) is 0 Å². The number of rotatable bonds is 7. The number of furan rings is 1. The van der Waals surface area contributed by atoms with Crippen molar-refractivity contribution in [3.8, 4) is 78.7 Å². The molecule has 0 N–H and O–H groups in total. The van der Waals surface area contributed by atoms with Crippen LogP contribution in [0.25, 0.3) is 123 Å². The van der Waals surface area contributed by atoms with Crippen LogP contribution in [0.1, 0.15) is 0 Å². The molecule has 0 bridgehead atoms. The van der Waals surface area contributed by atoms with Gasteiger partial charge in [-0.3, -0.25) is 0 Å². The summed E-state index contributed by atoms with van der Waals surface area (Å²) < 4.78 is 6.13. The Morgan fingerprint density at radius 1 is 0.254 bits per heavy atom. The van der Waals surface area contributed by atoms with Gasteiger partial charge >= 0.3 is 0 Å². The number of para-hydroxylation sites is 2. The third kappa shape index (κ3) is 6.76. The maximum absolute atomic E-state index is 6.13. The summed E-state index contributed by atoms with van der Waals surface area (Å²) in [7, 11) is 0. The van der Waals surface area contributed by atoms with Gasteiger partial charge in [0, 0.05) is 39.1 Å². The highest BCUT2D eigenvalue weighted by molar-refractivity contribution is 6.10. The molecule has 294 valence electrons. The molecule has 0 amide bonds. The molecular weight excluding hydrogens is 771 g/mol. The maximum atomic E-state index is 6.13. The summed E-state index contributed by atoms with van der Waals surface area (Å²) in [4.78, 5) is 25.2. The van der Waals surface area contributed by atoms with E-state index in [9.17, 15) is 0 Å². The van der Waals surface area contributed by atoms with Gasteiger partial charge in [0.15, 0.2) is 17.5 Å². The molecule has 3 aromatic heterocycles. The molecule has 0 aliphatic rings. The first kappa shape index (κ1) is 36.3. The fourth-order valence-electron chi connectivity index (χ4n) is 8.48. The van der Waals surface area contributed by atoms with Crippen LogP contribution in [0.5, 0.6) is 0 Å². The van der Waals surface area contributed by atoms with E-state index < -0.39 is 0 Å². The Hall–Kier alpha value is -8.61. The number of hydrogen-bond donors (Lipinski definition) is 0. The van der Waals surface area contributed by atoms with Gasteiger partial charge in [-0.1, -0.05) is 182 Å². The van der Waals surface area contributed by atoms with E-state index in [2.05, 4.69) is 140 Å². The molecule has 0 radical (unpaired) electrons. The lowest BCUT2D eigenvalue weighted by Crippen LogP contribution is -2.00. The summed E-state index contributed by atoms with van der Waals surface area (Å²) in [6.07, 6.45) is 0. The van der Waals surface area contributed by atoms with Gasteiger partial charge in [0.2, 0.25) is 0 Å². The third-order valence-corrected chi connectivity index (χ3v) is 11.7. The Morgan fingerprint density at radius 3 is 1.41 bits per heavy atom. The summed E-state index contributed by atoms with van der Waals surface area (Å²) >= 11 is 0. The van der Waals surface area contributed by atoms with Crippen molar-refractivity contribution < 1.29 is 4.42 Å². The van der Waals surface area contributed by atoms with E-state index in [4.69, 9.17) is 29.3 Å². The molecule has 0 unspecified atom stereocenters. The van der Waals surface area contributed by atoms with E-state index in [0.717, 1.165) is 99.6 Å². The lowest BCUT2D eigenvalue weighted by Gasteiger charge is -2.11. The van der Waals surface area contributed by atoms with Crippen LogP contribution in [-0.2, 0) is 0 Å². The van der Waals surface area contributed by atoms with Crippen LogP contribution in [0, 0.1) is 0 Å². The predicted octanol–water partition coefficient (Wildman–Crippen LogP) is 14.5. The molecule has 12 rings (SSSR count). The quantitative estimate of drug-likeness (QED) is 0.149. The molecule has 0 spiro atoms. The van der Waals surface area contributed by atoms with Gasteiger partial charge in [-0.05, 0) is 63.2 Å². The number of benzene rings is 9. The molecule has 63 heavy (non-hydrogen) atoms. The average Bonchev–Trinajstić information content (AvgIpc) is 3.72. The first-order valence-corrected chi connectivity index (χ1v) is 21.0. The van der Waals surface area contributed by atoms with Gasteiger partial charge in [-0.25, -0.2) is 24.9 Å². The Bertz CT molecular complexity index is 3640. The van der Waals surface area contributed by atoms with Crippen LogP contribution in [0.3, 0.4) is 0 Å². The summed E-state index contributed by atoms with van der Waals surface area (Å²) in [5, 5.41) is 2.12. The second-order valence-electron chi connectivity index (χ2n) is 15.7. The molecule has 6 heteroatoms. The van der Waals surface area contributed by atoms with Gasteiger partial charge in [0.25, 0.3) is 0 Å². The largest absolute Gasteiger partial charge is 0.456 e. The highest BCUT2D eigenvalue weighted by Crippen LogP contribution is 2.35. The summed E-state index contributed by atoms with van der Waals surface area (Å²) in [6.45, 7) is 0. The van der Waals surface area contributed by atoms with Crippen molar-refractivity contribution in [2.75, 3.05) is 0 Å². The van der Waals surface area contributed by atoms with Crippen LogP contribution in [-0.4, -0.2) is 24.9 Å². The van der Waals surface area contributed by atoms with Gasteiger partial charge in [0.1, 0.15) is 11.2 Å². The van der Waals surface area contributed by atoms with E-state index >= 15 is 0 Å². The summed E-state index contributed by atoms with van der Waals surface area (Å²) in [6, 6.07) is 73.1. The highest BCUT2D eigenvalue weighted by Gasteiger charge is 2.15. The molecule has 0 aliphatic carbocycles. The minimum Gasteiger partial charge on any atom is -0.456 e. The zero-order valence-corrected chi connectivity index (χ0v) is 33.9. The van der Waals surface area contributed by atoms with Crippen molar-refractivity contribution in [3.05, 3.63) is 212 Å². The molecule has 0 aliphatic heterocycles. The topological polar surface area (TPSA) is 77.6 Å². The Balaban J connectivity index is 0.833. The van der Waals surface area contributed by atoms with Gasteiger partial charge in [-0.15, -0.1) is 0 Å². The van der Waals surface area contributed by atoms with Crippen LogP contribution in [0.2, 0.25) is 0 Å². The first-order valence-electron chi connectivity index (χ1n) is 21.0. The maximum Gasteiger partial charge on any atom is 0.164 e. The standard InChI is InChI=1S/C57H35N5O/c1-3-11-36(12-4-1)37-27-31-43(32-28-37)56-60-55(42-13-5-2-6-14-42)61-57(62-56)45-16-9-15-44(33-45)40-23-21-38(22-24-40)39-25-29-41(30-26-39)46-18-10-19-49-54(46)59-50-34-48-47-17-7-8-20-52(47)63-53(48)35-51(50)58-49/h1-35H. The normalized spacial score (nSPS) is 11.5. The molecule has 0 saturated carbocycles. The molecule has 12 aromatic rings. The molecule has 9 aromatic carbocycles.